The average Bonchev–Trinajstić information content (AvgIpc) is 3.27. The summed E-state index contributed by atoms with van der Waals surface area (Å²) in [5.74, 6) is 0.250. The first kappa shape index (κ1) is 15.5. The molecule has 3 aromatic rings. The first-order valence-corrected chi connectivity index (χ1v) is 8.47. The molecule has 24 heavy (non-hydrogen) atoms. The first-order valence-electron chi connectivity index (χ1n) is 7.66. The van der Waals surface area contributed by atoms with Gasteiger partial charge in [0.25, 0.3) is 0 Å². The lowest BCUT2D eigenvalue weighted by molar-refractivity contribution is -0.136. The Hall–Kier alpha value is -2.02. The molecule has 0 atom stereocenters. The van der Waals surface area contributed by atoms with E-state index in [1.807, 2.05) is 13.0 Å². The molecule has 0 unspecified atom stereocenters. The van der Waals surface area contributed by atoms with Crippen molar-refractivity contribution in [2.75, 3.05) is 0 Å². The minimum absolute atomic E-state index is 0.00486. The standard InChI is InChI=1S/C17H14F3N3S/c1-8-5-14(16-23-22-9(2)24-16)21-15-12(8)6-11(10-3-4-10)7-13(15)17(18,19)20/h5-7,10H,3-4H2,1-2H3. The summed E-state index contributed by atoms with van der Waals surface area (Å²) in [6, 6.07) is 4.92. The zero-order valence-electron chi connectivity index (χ0n) is 13.1. The van der Waals surface area contributed by atoms with Gasteiger partial charge in [0.2, 0.25) is 0 Å². The largest absolute Gasteiger partial charge is 0.418 e. The molecule has 0 saturated heterocycles. The molecular formula is C17H14F3N3S. The van der Waals surface area contributed by atoms with Crippen molar-refractivity contribution < 1.29 is 13.2 Å². The zero-order chi connectivity index (χ0) is 17.1. The predicted molar refractivity (Wildman–Crippen MR) is 87.1 cm³/mol. The van der Waals surface area contributed by atoms with E-state index >= 15 is 0 Å². The van der Waals surface area contributed by atoms with E-state index in [9.17, 15) is 13.2 Å². The van der Waals surface area contributed by atoms with Crippen molar-refractivity contribution in [3.05, 3.63) is 39.9 Å². The maximum atomic E-state index is 13.6. The highest BCUT2D eigenvalue weighted by Crippen LogP contribution is 2.45. The fourth-order valence-corrected chi connectivity index (χ4v) is 3.54. The quantitative estimate of drug-likeness (QED) is 0.633. The molecule has 2 heterocycles. The molecule has 0 radical (unpaired) electrons. The third-order valence-electron chi connectivity index (χ3n) is 4.24. The third kappa shape index (κ3) is 2.66. The second-order valence-electron chi connectivity index (χ2n) is 6.19. The van der Waals surface area contributed by atoms with Crippen LogP contribution in [-0.4, -0.2) is 15.2 Å². The number of rotatable bonds is 2. The van der Waals surface area contributed by atoms with Gasteiger partial charge in [-0.3, -0.25) is 0 Å². The summed E-state index contributed by atoms with van der Waals surface area (Å²) < 4.78 is 40.8. The van der Waals surface area contributed by atoms with Gasteiger partial charge in [0.15, 0.2) is 5.01 Å². The van der Waals surface area contributed by atoms with Gasteiger partial charge in [-0.05, 0) is 61.9 Å². The van der Waals surface area contributed by atoms with Crippen LogP contribution in [-0.2, 0) is 6.18 Å². The number of aryl methyl sites for hydroxylation is 2. The van der Waals surface area contributed by atoms with Crippen molar-refractivity contribution >= 4 is 22.2 Å². The molecule has 1 saturated carbocycles. The molecule has 7 heteroatoms. The van der Waals surface area contributed by atoms with Crippen LogP contribution in [0.2, 0.25) is 0 Å². The van der Waals surface area contributed by atoms with Crippen LogP contribution in [0.5, 0.6) is 0 Å². The molecule has 2 aromatic heterocycles. The highest BCUT2D eigenvalue weighted by atomic mass is 32.1. The Morgan fingerprint density at radius 2 is 1.83 bits per heavy atom. The van der Waals surface area contributed by atoms with Crippen molar-refractivity contribution in [3.63, 3.8) is 0 Å². The summed E-state index contributed by atoms with van der Waals surface area (Å²) in [6.07, 6.45) is -2.52. The van der Waals surface area contributed by atoms with Crippen LogP contribution in [0.4, 0.5) is 13.2 Å². The van der Waals surface area contributed by atoms with Gasteiger partial charge in [-0.25, -0.2) is 4.98 Å². The molecule has 1 aliphatic carbocycles. The van der Waals surface area contributed by atoms with Crippen LogP contribution in [0.1, 0.15) is 40.5 Å². The van der Waals surface area contributed by atoms with Crippen LogP contribution in [0.3, 0.4) is 0 Å². The smallest absolute Gasteiger partial charge is 0.245 e. The van der Waals surface area contributed by atoms with Gasteiger partial charge in [-0.2, -0.15) is 13.2 Å². The second kappa shape index (κ2) is 5.24. The Labute approximate surface area is 140 Å². The van der Waals surface area contributed by atoms with Crippen molar-refractivity contribution in [2.24, 2.45) is 0 Å². The van der Waals surface area contributed by atoms with E-state index in [4.69, 9.17) is 0 Å². The number of hydrogen-bond acceptors (Lipinski definition) is 4. The Kier molecular flexibility index (Phi) is 3.38. The number of nitrogens with zero attached hydrogens (tertiary/aromatic N) is 3. The van der Waals surface area contributed by atoms with Crippen molar-refractivity contribution in [1.29, 1.82) is 0 Å². The van der Waals surface area contributed by atoms with Gasteiger partial charge in [0, 0.05) is 5.39 Å². The molecule has 0 aliphatic heterocycles. The number of benzene rings is 1. The minimum atomic E-state index is -4.43. The molecule has 124 valence electrons. The monoisotopic (exact) mass is 349 g/mol. The molecule has 1 aliphatic rings. The van der Waals surface area contributed by atoms with Gasteiger partial charge in [-0.15, -0.1) is 10.2 Å². The number of alkyl halides is 3. The summed E-state index contributed by atoms with van der Waals surface area (Å²) >= 11 is 1.32. The summed E-state index contributed by atoms with van der Waals surface area (Å²) in [6.45, 7) is 3.62. The second-order valence-corrected chi connectivity index (χ2v) is 7.37. The van der Waals surface area contributed by atoms with Crippen LogP contribution in [0.25, 0.3) is 21.6 Å². The lowest BCUT2D eigenvalue weighted by Gasteiger charge is -2.14. The molecule has 0 N–H and O–H groups in total. The maximum absolute atomic E-state index is 13.6. The predicted octanol–water partition coefficient (Wildman–Crippen LogP) is 5.27. The SMILES string of the molecule is Cc1nnc(-c2cc(C)c3cc(C4CC4)cc(C(F)(F)F)c3n2)s1. The molecule has 0 bridgehead atoms. The van der Waals surface area contributed by atoms with E-state index in [2.05, 4.69) is 15.2 Å². The molecule has 1 aromatic carbocycles. The number of aromatic nitrogens is 3. The Bertz CT molecular complexity index is 942. The van der Waals surface area contributed by atoms with E-state index in [-0.39, 0.29) is 11.4 Å². The van der Waals surface area contributed by atoms with Crippen LogP contribution in [0, 0.1) is 13.8 Å². The summed E-state index contributed by atoms with van der Waals surface area (Å²) in [4.78, 5) is 4.29. The normalized spacial score (nSPS) is 15.2. The Morgan fingerprint density at radius 3 is 2.42 bits per heavy atom. The fraction of sp³-hybridized carbons (Fsp3) is 0.353. The van der Waals surface area contributed by atoms with Gasteiger partial charge in [0.1, 0.15) is 10.7 Å². The van der Waals surface area contributed by atoms with E-state index < -0.39 is 11.7 Å². The number of hydrogen-bond donors (Lipinski definition) is 0. The highest BCUT2D eigenvalue weighted by molar-refractivity contribution is 7.14. The molecule has 0 amide bonds. The van der Waals surface area contributed by atoms with Gasteiger partial charge in [-0.1, -0.05) is 11.3 Å². The summed E-state index contributed by atoms with van der Waals surface area (Å²) in [5.41, 5.74) is 1.31. The van der Waals surface area contributed by atoms with Gasteiger partial charge in [0.05, 0.1) is 11.1 Å². The number of fused-ring (bicyclic) bond motifs is 1. The molecule has 0 spiro atoms. The van der Waals surface area contributed by atoms with Crippen LogP contribution >= 0.6 is 11.3 Å². The lowest BCUT2D eigenvalue weighted by Crippen LogP contribution is -2.08. The van der Waals surface area contributed by atoms with Crippen LogP contribution < -0.4 is 0 Å². The zero-order valence-corrected chi connectivity index (χ0v) is 13.9. The van der Waals surface area contributed by atoms with Crippen molar-refractivity contribution in [3.8, 4) is 10.7 Å². The Balaban J connectivity index is 2.00. The topological polar surface area (TPSA) is 38.7 Å². The van der Waals surface area contributed by atoms with Gasteiger partial charge < -0.3 is 0 Å². The summed E-state index contributed by atoms with van der Waals surface area (Å²) in [5, 5.41) is 9.79. The van der Waals surface area contributed by atoms with Crippen molar-refractivity contribution in [2.45, 2.75) is 38.8 Å². The molecule has 3 nitrogen and oxygen atoms in total. The summed E-state index contributed by atoms with van der Waals surface area (Å²) in [7, 11) is 0. The lowest BCUT2D eigenvalue weighted by atomic mass is 9.98. The molecule has 4 rings (SSSR count). The Morgan fingerprint density at radius 1 is 1.08 bits per heavy atom. The van der Waals surface area contributed by atoms with E-state index in [0.29, 0.717) is 16.1 Å². The minimum Gasteiger partial charge on any atom is -0.245 e. The van der Waals surface area contributed by atoms with E-state index in [0.717, 1.165) is 29.0 Å². The van der Waals surface area contributed by atoms with Crippen LogP contribution in [0.15, 0.2) is 18.2 Å². The number of pyridine rings is 1. The fourth-order valence-electron chi connectivity index (χ4n) is 2.89. The number of halogens is 3. The first-order chi connectivity index (χ1) is 11.3. The average molecular weight is 349 g/mol. The van der Waals surface area contributed by atoms with Crippen molar-refractivity contribution in [1.82, 2.24) is 15.2 Å². The van der Waals surface area contributed by atoms with Gasteiger partial charge >= 0.3 is 6.18 Å². The molecule has 1 fully saturated rings. The van der Waals surface area contributed by atoms with E-state index in [1.165, 1.54) is 17.4 Å². The third-order valence-corrected chi connectivity index (χ3v) is 5.10. The highest BCUT2D eigenvalue weighted by Gasteiger charge is 2.36. The van der Waals surface area contributed by atoms with E-state index in [1.54, 1.807) is 13.0 Å². The maximum Gasteiger partial charge on any atom is 0.418 e. The molecular weight excluding hydrogens is 335 g/mol.